The van der Waals surface area contributed by atoms with Gasteiger partial charge >= 0.3 is 5.97 Å². The van der Waals surface area contributed by atoms with E-state index in [0.29, 0.717) is 42.9 Å². The number of nitrogens with one attached hydrogen (secondary N) is 1. The normalized spacial score (nSPS) is 17.6. The summed E-state index contributed by atoms with van der Waals surface area (Å²) < 4.78 is 35.4. The second-order valence-electron chi connectivity index (χ2n) is 8.14. The lowest BCUT2D eigenvalue weighted by molar-refractivity contribution is -0.146. The Morgan fingerprint density at radius 1 is 1.19 bits per heavy atom. The van der Waals surface area contributed by atoms with Crippen molar-refractivity contribution in [2.75, 3.05) is 20.2 Å². The predicted molar refractivity (Wildman–Crippen MR) is 112 cm³/mol. The van der Waals surface area contributed by atoms with Gasteiger partial charge in [-0.05, 0) is 51.9 Å². The van der Waals surface area contributed by atoms with Crippen LogP contribution < -0.4 is 5.32 Å². The molecule has 6 nitrogen and oxygen atoms in total. The molecule has 2 aromatic rings. The van der Waals surface area contributed by atoms with Crippen LogP contribution in [0.25, 0.3) is 11.3 Å². The molecule has 2 heterocycles. The highest BCUT2D eigenvalue weighted by atomic mass is 35.5. The number of ether oxygens (including phenoxy) is 1. The van der Waals surface area contributed by atoms with Gasteiger partial charge in [0.1, 0.15) is 17.2 Å². The van der Waals surface area contributed by atoms with Crippen LogP contribution in [0.2, 0.25) is 5.02 Å². The number of esters is 1. The maximum Gasteiger partial charge on any atom is 0.331 e. The molecule has 1 aromatic heterocycles. The van der Waals surface area contributed by atoms with E-state index in [2.05, 4.69) is 10.2 Å². The fourth-order valence-electron chi connectivity index (χ4n) is 4.05. The van der Waals surface area contributed by atoms with Crippen LogP contribution in [-0.4, -0.2) is 47.1 Å². The Labute approximate surface area is 184 Å². The van der Waals surface area contributed by atoms with Gasteiger partial charge in [0.15, 0.2) is 0 Å². The van der Waals surface area contributed by atoms with Crippen LogP contribution >= 0.6 is 11.6 Å². The van der Waals surface area contributed by atoms with Crippen molar-refractivity contribution >= 4 is 23.5 Å². The zero-order valence-corrected chi connectivity index (χ0v) is 18.2. The fourth-order valence-corrected chi connectivity index (χ4v) is 4.21. The Hall–Kier alpha value is -2.45. The Kier molecular flexibility index (Phi) is 5.79. The van der Waals surface area contributed by atoms with Crippen LogP contribution in [0, 0.1) is 11.6 Å². The second-order valence-corrected chi connectivity index (χ2v) is 8.54. The van der Waals surface area contributed by atoms with Gasteiger partial charge in [0.2, 0.25) is 0 Å². The molecule has 31 heavy (non-hydrogen) atoms. The molecule has 1 saturated carbocycles. The van der Waals surface area contributed by atoms with Crippen LogP contribution in [0.5, 0.6) is 0 Å². The molecule has 0 atom stereocenters. The summed E-state index contributed by atoms with van der Waals surface area (Å²) in [6.07, 6.45) is 1.83. The first kappa shape index (κ1) is 21.8. The van der Waals surface area contributed by atoms with Crippen molar-refractivity contribution in [1.82, 2.24) is 14.8 Å². The van der Waals surface area contributed by atoms with Gasteiger partial charge in [-0.2, -0.15) is 0 Å². The smallest absolute Gasteiger partial charge is 0.331 e. The summed E-state index contributed by atoms with van der Waals surface area (Å²) in [6.45, 7) is 3.80. The summed E-state index contributed by atoms with van der Waals surface area (Å²) in [4.78, 5) is 27.6. The topological polar surface area (TPSA) is 63.6 Å². The lowest BCUT2D eigenvalue weighted by Gasteiger charge is -2.17. The fraction of sp³-hybridized carbons (Fsp3) is 0.455. The number of carbonyl (C=O) groups is 2. The first-order chi connectivity index (χ1) is 14.8. The van der Waals surface area contributed by atoms with E-state index in [9.17, 15) is 18.4 Å². The summed E-state index contributed by atoms with van der Waals surface area (Å²) in [6, 6.07) is 3.59. The monoisotopic (exact) mass is 451 g/mol. The average molecular weight is 452 g/mol. The molecule has 2 aliphatic rings. The Bertz CT molecular complexity index is 1050. The molecule has 1 aliphatic carbocycles. The Morgan fingerprint density at radius 3 is 2.61 bits per heavy atom. The van der Waals surface area contributed by atoms with Gasteiger partial charge in [-0.25, -0.2) is 13.6 Å². The number of carbonyl (C=O) groups excluding carboxylic acids is 2. The highest BCUT2D eigenvalue weighted by Crippen LogP contribution is 2.38. The van der Waals surface area contributed by atoms with E-state index in [4.69, 9.17) is 16.3 Å². The van der Waals surface area contributed by atoms with E-state index in [0.717, 1.165) is 19.0 Å². The molecule has 0 bridgehead atoms. The lowest BCUT2D eigenvalue weighted by atomic mass is 10.1. The number of nitrogens with zero attached hydrogens (tertiary/aromatic N) is 2. The first-order valence-corrected chi connectivity index (χ1v) is 10.7. The number of hydrogen-bond acceptors (Lipinski definition) is 4. The number of aromatic nitrogens is 1. The third-order valence-electron chi connectivity index (χ3n) is 5.85. The predicted octanol–water partition coefficient (Wildman–Crippen LogP) is 3.75. The van der Waals surface area contributed by atoms with Crippen molar-refractivity contribution in [2.45, 2.75) is 44.8 Å². The van der Waals surface area contributed by atoms with Gasteiger partial charge in [0, 0.05) is 30.4 Å². The van der Waals surface area contributed by atoms with Crippen molar-refractivity contribution < 1.29 is 23.1 Å². The number of hydrogen-bond donors (Lipinski definition) is 1. The highest BCUT2D eigenvalue weighted by molar-refractivity contribution is 6.31. The van der Waals surface area contributed by atoms with Gasteiger partial charge in [-0.15, -0.1) is 0 Å². The molecular weight excluding hydrogens is 428 g/mol. The SMILES string of the molecule is CCOC(=O)C1(NC(=O)c2cc(-c3cc(Cl)c(F)cc3F)n3c2CN(C)CCC3)CC1. The maximum atomic E-state index is 14.7. The van der Waals surface area contributed by atoms with Crippen LogP contribution in [-0.2, 0) is 22.6 Å². The van der Waals surface area contributed by atoms with E-state index in [1.54, 1.807) is 13.0 Å². The zero-order valence-electron chi connectivity index (χ0n) is 17.4. The standard InChI is InChI=1S/C22H24ClF2N3O3/c1-3-31-21(30)22(5-6-22)26-20(29)14-10-18(13-9-15(23)17(25)11-16(13)24)28-8-4-7-27(2)12-19(14)28/h9-11H,3-8,12H2,1-2H3,(H,26,29). The number of fused-ring (bicyclic) bond motifs is 1. The van der Waals surface area contributed by atoms with Crippen LogP contribution in [0.3, 0.4) is 0 Å². The van der Waals surface area contributed by atoms with Crippen molar-refractivity contribution in [2.24, 2.45) is 0 Å². The van der Waals surface area contributed by atoms with Crippen LogP contribution in [0.4, 0.5) is 8.78 Å². The third kappa shape index (κ3) is 4.06. The van der Waals surface area contributed by atoms with Crippen molar-refractivity contribution in [3.05, 3.63) is 46.1 Å². The van der Waals surface area contributed by atoms with E-state index < -0.39 is 29.0 Å². The molecule has 1 amide bonds. The molecule has 1 aliphatic heterocycles. The number of rotatable bonds is 5. The molecule has 166 valence electrons. The Balaban J connectivity index is 1.76. The van der Waals surface area contributed by atoms with E-state index in [1.807, 2.05) is 11.6 Å². The molecule has 0 spiro atoms. The average Bonchev–Trinajstić information content (AvgIpc) is 3.45. The third-order valence-corrected chi connectivity index (χ3v) is 6.14. The first-order valence-electron chi connectivity index (χ1n) is 10.3. The van der Waals surface area contributed by atoms with Gasteiger partial charge in [-0.1, -0.05) is 11.6 Å². The van der Waals surface area contributed by atoms with Crippen molar-refractivity contribution in [3.63, 3.8) is 0 Å². The zero-order chi connectivity index (χ0) is 22.3. The second kappa shape index (κ2) is 8.24. The number of benzene rings is 1. The molecule has 9 heteroatoms. The van der Waals surface area contributed by atoms with Gasteiger partial charge in [0.05, 0.1) is 22.9 Å². The summed E-state index contributed by atoms with van der Waals surface area (Å²) in [5, 5.41) is 2.64. The molecule has 1 aromatic carbocycles. The van der Waals surface area contributed by atoms with Gasteiger partial charge in [-0.3, -0.25) is 4.79 Å². The van der Waals surface area contributed by atoms with E-state index in [1.165, 1.54) is 6.07 Å². The number of halogens is 3. The summed E-state index contributed by atoms with van der Waals surface area (Å²) in [5.41, 5.74) is 0.660. The highest BCUT2D eigenvalue weighted by Gasteiger charge is 2.53. The van der Waals surface area contributed by atoms with E-state index >= 15 is 0 Å². The molecule has 1 fully saturated rings. The largest absolute Gasteiger partial charge is 0.464 e. The minimum Gasteiger partial charge on any atom is -0.464 e. The summed E-state index contributed by atoms with van der Waals surface area (Å²) in [5.74, 6) is -2.45. The molecule has 0 saturated heterocycles. The summed E-state index contributed by atoms with van der Waals surface area (Å²) in [7, 11) is 1.94. The quantitative estimate of drug-likeness (QED) is 0.555. The van der Waals surface area contributed by atoms with Gasteiger partial charge in [0.25, 0.3) is 5.91 Å². The molecule has 4 rings (SSSR count). The van der Waals surface area contributed by atoms with Crippen LogP contribution in [0.1, 0.15) is 42.2 Å². The molecular formula is C22H24ClF2N3O3. The van der Waals surface area contributed by atoms with Crippen molar-refractivity contribution in [1.29, 1.82) is 0 Å². The molecule has 0 radical (unpaired) electrons. The molecule has 0 unspecified atom stereocenters. The lowest BCUT2D eigenvalue weighted by Crippen LogP contribution is -2.44. The van der Waals surface area contributed by atoms with Gasteiger partial charge < -0.3 is 19.5 Å². The van der Waals surface area contributed by atoms with Crippen LogP contribution in [0.15, 0.2) is 18.2 Å². The minimum absolute atomic E-state index is 0.128. The maximum absolute atomic E-state index is 14.7. The minimum atomic E-state index is -0.997. The van der Waals surface area contributed by atoms with Crippen molar-refractivity contribution in [3.8, 4) is 11.3 Å². The summed E-state index contributed by atoms with van der Waals surface area (Å²) >= 11 is 5.91. The Morgan fingerprint density at radius 2 is 1.94 bits per heavy atom. The number of amides is 1. The molecule has 1 N–H and O–H groups in total. The van der Waals surface area contributed by atoms with E-state index in [-0.39, 0.29) is 17.2 Å².